The molecule has 0 rings (SSSR count). The summed E-state index contributed by atoms with van der Waals surface area (Å²) in [6.07, 6.45) is 41.4. The fourth-order valence-corrected chi connectivity index (χ4v) is 3.53. The van der Waals surface area contributed by atoms with Gasteiger partial charge in [0.05, 0.1) is 0 Å². The monoisotopic (exact) mass is 388 g/mol. The zero-order chi connectivity index (χ0) is 20.4. The lowest BCUT2D eigenvalue weighted by Gasteiger charge is -1.99. The van der Waals surface area contributed by atoms with Crippen molar-refractivity contribution in [2.75, 3.05) is 0 Å². The van der Waals surface area contributed by atoms with Crippen LogP contribution in [0.3, 0.4) is 0 Å². The second kappa shape index (κ2) is 26.2. The number of unbranched alkanes of at least 4 members (excludes halogenated alkanes) is 16. The van der Waals surface area contributed by atoms with E-state index in [2.05, 4.69) is 50.3 Å². The molecule has 0 atom stereocenters. The van der Waals surface area contributed by atoms with E-state index in [-0.39, 0.29) is 0 Å². The average Bonchev–Trinajstić information content (AvgIpc) is 2.71. The van der Waals surface area contributed by atoms with Crippen LogP contribution in [0.25, 0.3) is 0 Å². The van der Waals surface area contributed by atoms with Crippen LogP contribution in [0.15, 0.2) is 36.5 Å². The van der Waals surface area contributed by atoms with Gasteiger partial charge in [0.15, 0.2) is 0 Å². The molecular formula is C28H52. The molecule has 0 fully saturated rings. The summed E-state index contributed by atoms with van der Waals surface area (Å²) < 4.78 is 0. The molecule has 0 bridgehead atoms. The Morgan fingerprint density at radius 3 is 1.04 bits per heavy atom. The van der Waals surface area contributed by atoms with Crippen LogP contribution in [0.1, 0.15) is 142 Å². The molecular weight excluding hydrogens is 336 g/mol. The zero-order valence-corrected chi connectivity index (χ0v) is 19.6. The summed E-state index contributed by atoms with van der Waals surface area (Å²) in [6.45, 7) is 4.56. The topological polar surface area (TPSA) is 0 Å². The van der Waals surface area contributed by atoms with Gasteiger partial charge in [-0.15, -0.1) is 0 Å². The van der Waals surface area contributed by atoms with Crippen LogP contribution in [0, 0.1) is 0 Å². The van der Waals surface area contributed by atoms with Crippen molar-refractivity contribution in [3.05, 3.63) is 36.5 Å². The third kappa shape index (κ3) is 25.2. The molecule has 0 saturated heterocycles. The third-order valence-electron chi connectivity index (χ3n) is 5.46. The van der Waals surface area contributed by atoms with Crippen molar-refractivity contribution in [3.63, 3.8) is 0 Å². The highest BCUT2D eigenvalue weighted by atomic mass is 14.0. The maximum Gasteiger partial charge on any atom is -0.0169 e. The lowest BCUT2D eigenvalue weighted by molar-refractivity contribution is 0.591. The summed E-state index contributed by atoms with van der Waals surface area (Å²) in [5, 5.41) is 0. The van der Waals surface area contributed by atoms with Crippen molar-refractivity contribution in [3.8, 4) is 0 Å². The molecule has 0 unspecified atom stereocenters. The minimum absolute atomic E-state index is 1.12. The van der Waals surface area contributed by atoms with Gasteiger partial charge in [0, 0.05) is 0 Å². The highest BCUT2D eigenvalue weighted by molar-refractivity contribution is 4.92. The largest absolute Gasteiger partial charge is 0.0885 e. The van der Waals surface area contributed by atoms with Crippen LogP contribution in [-0.4, -0.2) is 0 Å². The van der Waals surface area contributed by atoms with E-state index >= 15 is 0 Å². The van der Waals surface area contributed by atoms with E-state index in [1.807, 2.05) is 0 Å². The number of allylic oxidation sites excluding steroid dienone is 6. The molecule has 0 aliphatic heterocycles. The van der Waals surface area contributed by atoms with Crippen LogP contribution in [0.4, 0.5) is 0 Å². The molecule has 0 aromatic carbocycles. The van der Waals surface area contributed by atoms with Gasteiger partial charge in [0.1, 0.15) is 0 Å². The average molecular weight is 389 g/mol. The lowest BCUT2D eigenvalue weighted by Crippen LogP contribution is -1.80. The van der Waals surface area contributed by atoms with Crippen LogP contribution in [-0.2, 0) is 0 Å². The van der Waals surface area contributed by atoms with Gasteiger partial charge >= 0.3 is 0 Å². The maximum absolute atomic E-state index is 2.43. The Labute approximate surface area is 179 Å². The highest BCUT2D eigenvalue weighted by Crippen LogP contribution is 2.10. The second-order valence-corrected chi connectivity index (χ2v) is 8.40. The molecule has 0 aromatic heterocycles. The first-order valence-electron chi connectivity index (χ1n) is 12.9. The molecule has 0 amide bonds. The van der Waals surface area contributed by atoms with Crippen LogP contribution in [0.5, 0.6) is 0 Å². The van der Waals surface area contributed by atoms with Crippen molar-refractivity contribution in [2.45, 2.75) is 142 Å². The Morgan fingerprint density at radius 2 is 0.607 bits per heavy atom. The molecule has 0 nitrogen and oxygen atoms in total. The first-order valence-corrected chi connectivity index (χ1v) is 12.9. The number of hydrogen-bond donors (Lipinski definition) is 0. The molecule has 0 aliphatic carbocycles. The van der Waals surface area contributed by atoms with Gasteiger partial charge in [-0.1, -0.05) is 121 Å². The smallest absolute Gasteiger partial charge is 0.0169 e. The fourth-order valence-electron chi connectivity index (χ4n) is 3.53. The summed E-state index contributed by atoms with van der Waals surface area (Å²) in [5.41, 5.74) is 0. The highest BCUT2D eigenvalue weighted by Gasteiger charge is 1.91. The Balaban J connectivity index is 3.17. The molecule has 0 spiro atoms. The summed E-state index contributed by atoms with van der Waals surface area (Å²) in [6, 6.07) is 0. The summed E-state index contributed by atoms with van der Waals surface area (Å²) in [7, 11) is 0. The molecule has 0 N–H and O–H groups in total. The van der Waals surface area contributed by atoms with Gasteiger partial charge in [-0.25, -0.2) is 0 Å². The van der Waals surface area contributed by atoms with Gasteiger partial charge in [0.2, 0.25) is 0 Å². The first kappa shape index (κ1) is 27.2. The van der Waals surface area contributed by atoms with Gasteiger partial charge in [-0.05, 0) is 57.8 Å². The number of rotatable bonds is 22. The van der Waals surface area contributed by atoms with Gasteiger partial charge in [-0.3, -0.25) is 0 Å². The van der Waals surface area contributed by atoms with E-state index in [1.54, 1.807) is 0 Å². The molecule has 164 valence electrons. The Hall–Kier alpha value is -0.780. The van der Waals surface area contributed by atoms with Crippen molar-refractivity contribution in [1.82, 2.24) is 0 Å². The zero-order valence-electron chi connectivity index (χ0n) is 19.6. The van der Waals surface area contributed by atoms with E-state index in [0.29, 0.717) is 0 Å². The molecule has 0 saturated carbocycles. The molecule has 28 heavy (non-hydrogen) atoms. The molecule has 0 heterocycles. The van der Waals surface area contributed by atoms with E-state index in [1.165, 1.54) is 122 Å². The summed E-state index contributed by atoms with van der Waals surface area (Å²) in [5.74, 6) is 0. The Morgan fingerprint density at radius 1 is 0.321 bits per heavy atom. The second-order valence-electron chi connectivity index (χ2n) is 8.40. The van der Waals surface area contributed by atoms with Crippen molar-refractivity contribution in [1.29, 1.82) is 0 Å². The minimum atomic E-state index is 1.12. The first-order chi connectivity index (χ1) is 13.9. The molecule has 0 heteroatoms. The quantitative estimate of drug-likeness (QED) is 0.128. The van der Waals surface area contributed by atoms with E-state index in [0.717, 1.165) is 6.42 Å². The predicted molar refractivity (Wildman–Crippen MR) is 131 cm³/mol. The van der Waals surface area contributed by atoms with Gasteiger partial charge < -0.3 is 0 Å². The maximum atomic E-state index is 2.43. The van der Waals surface area contributed by atoms with Crippen molar-refractivity contribution in [2.24, 2.45) is 0 Å². The van der Waals surface area contributed by atoms with E-state index < -0.39 is 0 Å². The van der Waals surface area contributed by atoms with Crippen LogP contribution in [0.2, 0.25) is 0 Å². The molecule has 0 aliphatic rings. The standard InChI is InChI=1S/C28H52/c1-3-5-7-9-11-13-15-17-19-21-23-25-27-28-26-24-22-20-18-16-14-12-10-8-6-4-2/h11,13,17,19-20,22H,3-10,12,14-16,18,21,23-28H2,1-2H3. The Kier molecular flexibility index (Phi) is 25.5. The minimum Gasteiger partial charge on any atom is -0.0885 e. The van der Waals surface area contributed by atoms with E-state index in [9.17, 15) is 0 Å². The Bertz CT molecular complexity index is 347. The number of hydrogen-bond acceptors (Lipinski definition) is 0. The van der Waals surface area contributed by atoms with Crippen LogP contribution >= 0.6 is 0 Å². The molecule has 0 radical (unpaired) electrons. The van der Waals surface area contributed by atoms with Crippen molar-refractivity contribution < 1.29 is 0 Å². The lowest BCUT2D eigenvalue weighted by atomic mass is 10.1. The van der Waals surface area contributed by atoms with E-state index in [4.69, 9.17) is 0 Å². The van der Waals surface area contributed by atoms with Crippen LogP contribution < -0.4 is 0 Å². The third-order valence-corrected chi connectivity index (χ3v) is 5.46. The normalized spacial score (nSPS) is 12.2. The van der Waals surface area contributed by atoms with Gasteiger partial charge in [0.25, 0.3) is 0 Å². The molecule has 0 aromatic rings. The van der Waals surface area contributed by atoms with Gasteiger partial charge in [-0.2, -0.15) is 0 Å². The SMILES string of the molecule is CCCCCC=CCC=CCCCCCCCC=CCCCCCCCCC. The van der Waals surface area contributed by atoms with Crippen molar-refractivity contribution >= 4 is 0 Å². The summed E-state index contributed by atoms with van der Waals surface area (Å²) in [4.78, 5) is 0. The summed E-state index contributed by atoms with van der Waals surface area (Å²) >= 11 is 0. The fraction of sp³-hybridized carbons (Fsp3) is 0.786. The predicted octanol–water partition coefficient (Wildman–Crippen LogP) is 10.5.